The normalized spacial score (nSPS) is 10.1. The molecule has 1 N–H and O–H groups in total. The first kappa shape index (κ1) is 25.5. The third-order valence-electron chi connectivity index (χ3n) is 3.86. The van der Waals surface area contributed by atoms with Gasteiger partial charge in [0.15, 0.2) is 11.5 Å². The molecule has 0 fully saturated rings. The van der Waals surface area contributed by atoms with Crippen molar-refractivity contribution in [2.45, 2.75) is 19.6 Å². The van der Waals surface area contributed by atoms with E-state index in [1.54, 1.807) is 25.3 Å². The monoisotopic (exact) mass is 418 g/mol. The van der Waals surface area contributed by atoms with Crippen LogP contribution in [-0.4, -0.2) is 39.2 Å². The van der Waals surface area contributed by atoms with Gasteiger partial charge >= 0.3 is 0 Å². The van der Waals surface area contributed by atoms with Crippen molar-refractivity contribution in [1.82, 2.24) is 10.2 Å². The van der Waals surface area contributed by atoms with Crippen LogP contribution in [0.25, 0.3) is 0 Å². The highest BCUT2D eigenvalue weighted by Crippen LogP contribution is 2.29. The topological polar surface area (TPSA) is 33.7 Å². The second-order valence-corrected chi connectivity index (χ2v) is 6.20. The Morgan fingerprint density at radius 2 is 1.78 bits per heavy atom. The van der Waals surface area contributed by atoms with Gasteiger partial charge in [-0.15, -0.1) is 24.8 Å². The SMILES string of the molecule is COc1cc(CNCCCN(C)C)ccc1OCc1ccccc1F.Cl.Cl. The van der Waals surface area contributed by atoms with Crippen LogP contribution in [0.5, 0.6) is 11.5 Å². The highest BCUT2D eigenvalue weighted by atomic mass is 35.5. The molecule has 0 bridgehead atoms. The fraction of sp³-hybridized carbons (Fsp3) is 0.400. The van der Waals surface area contributed by atoms with Gasteiger partial charge in [-0.3, -0.25) is 0 Å². The first-order valence-electron chi connectivity index (χ1n) is 8.48. The van der Waals surface area contributed by atoms with Gasteiger partial charge < -0.3 is 19.7 Å². The molecule has 0 saturated carbocycles. The molecule has 2 rings (SSSR count). The van der Waals surface area contributed by atoms with Crippen LogP contribution in [0.2, 0.25) is 0 Å². The lowest BCUT2D eigenvalue weighted by Gasteiger charge is -2.13. The molecule has 152 valence electrons. The van der Waals surface area contributed by atoms with Gasteiger partial charge in [-0.1, -0.05) is 24.3 Å². The number of nitrogens with zero attached hydrogens (tertiary/aromatic N) is 1. The highest BCUT2D eigenvalue weighted by Gasteiger charge is 2.08. The van der Waals surface area contributed by atoms with E-state index >= 15 is 0 Å². The van der Waals surface area contributed by atoms with Crippen LogP contribution >= 0.6 is 24.8 Å². The largest absolute Gasteiger partial charge is 0.493 e. The molecule has 0 aliphatic heterocycles. The fourth-order valence-corrected chi connectivity index (χ4v) is 2.47. The molecular formula is C20H29Cl2FN2O2. The summed E-state index contributed by atoms with van der Waals surface area (Å²) < 4.78 is 24.8. The van der Waals surface area contributed by atoms with Crippen molar-refractivity contribution in [3.8, 4) is 11.5 Å². The third kappa shape index (κ3) is 8.80. The van der Waals surface area contributed by atoms with Gasteiger partial charge in [0.05, 0.1) is 7.11 Å². The summed E-state index contributed by atoms with van der Waals surface area (Å²) >= 11 is 0. The lowest BCUT2D eigenvalue weighted by molar-refractivity contribution is 0.279. The summed E-state index contributed by atoms with van der Waals surface area (Å²) in [5.41, 5.74) is 1.65. The standard InChI is InChI=1S/C20H27FN2O2.2ClH/c1-23(2)12-6-11-22-14-16-9-10-19(20(13-16)24-3)25-15-17-7-4-5-8-18(17)21;;/h4-5,7-10,13,22H,6,11-12,14-15H2,1-3H3;2*1H. The Morgan fingerprint density at radius 1 is 1.04 bits per heavy atom. The van der Waals surface area contributed by atoms with E-state index in [1.165, 1.54) is 6.07 Å². The lowest BCUT2D eigenvalue weighted by Crippen LogP contribution is -2.21. The van der Waals surface area contributed by atoms with Gasteiger partial charge in [0, 0.05) is 12.1 Å². The van der Waals surface area contributed by atoms with E-state index in [9.17, 15) is 4.39 Å². The number of methoxy groups -OCH3 is 1. The maximum absolute atomic E-state index is 13.7. The van der Waals surface area contributed by atoms with Gasteiger partial charge in [-0.2, -0.15) is 0 Å². The number of hydrogen-bond donors (Lipinski definition) is 1. The first-order chi connectivity index (χ1) is 12.1. The quantitative estimate of drug-likeness (QED) is 0.583. The zero-order chi connectivity index (χ0) is 18.1. The molecule has 0 atom stereocenters. The number of nitrogens with one attached hydrogen (secondary N) is 1. The average molecular weight is 419 g/mol. The number of ether oxygens (including phenoxy) is 2. The summed E-state index contributed by atoms with van der Waals surface area (Å²) in [4.78, 5) is 2.17. The van der Waals surface area contributed by atoms with Crippen molar-refractivity contribution in [3.05, 3.63) is 59.4 Å². The molecule has 7 heteroatoms. The Morgan fingerprint density at radius 3 is 2.44 bits per heavy atom. The van der Waals surface area contributed by atoms with Crippen LogP contribution in [0.1, 0.15) is 17.5 Å². The molecule has 0 heterocycles. The number of halogens is 3. The van der Waals surface area contributed by atoms with E-state index in [2.05, 4.69) is 24.3 Å². The van der Waals surface area contributed by atoms with Crippen molar-refractivity contribution in [2.75, 3.05) is 34.3 Å². The van der Waals surface area contributed by atoms with Crippen molar-refractivity contribution >= 4 is 24.8 Å². The molecule has 0 aromatic heterocycles. The number of hydrogen-bond acceptors (Lipinski definition) is 4. The van der Waals surface area contributed by atoms with Crippen LogP contribution < -0.4 is 14.8 Å². The van der Waals surface area contributed by atoms with Crippen molar-refractivity contribution in [3.63, 3.8) is 0 Å². The Balaban J connectivity index is 0.00000338. The van der Waals surface area contributed by atoms with Crippen LogP contribution in [0.4, 0.5) is 4.39 Å². The van der Waals surface area contributed by atoms with Gasteiger partial charge in [0.1, 0.15) is 12.4 Å². The van der Waals surface area contributed by atoms with Gasteiger partial charge in [0.25, 0.3) is 0 Å². The summed E-state index contributed by atoms with van der Waals surface area (Å²) in [7, 11) is 5.76. The number of benzene rings is 2. The summed E-state index contributed by atoms with van der Waals surface area (Å²) in [5.74, 6) is 1.01. The minimum atomic E-state index is -0.264. The van der Waals surface area contributed by atoms with E-state index in [1.807, 2.05) is 18.2 Å². The maximum Gasteiger partial charge on any atom is 0.161 e. The fourth-order valence-electron chi connectivity index (χ4n) is 2.47. The second-order valence-electron chi connectivity index (χ2n) is 6.20. The molecule has 0 radical (unpaired) electrons. The smallest absolute Gasteiger partial charge is 0.161 e. The maximum atomic E-state index is 13.7. The van der Waals surface area contributed by atoms with Crippen LogP contribution in [0.15, 0.2) is 42.5 Å². The zero-order valence-electron chi connectivity index (χ0n) is 16.0. The summed E-state index contributed by atoms with van der Waals surface area (Å²) in [5, 5.41) is 3.42. The molecule has 0 aliphatic carbocycles. The van der Waals surface area contributed by atoms with E-state index < -0.39 is 0 Å². The van der Waals surface area contributed by atoms with E-state index in [0.29, 0.717) is 17.1 Å². The first-order valence-corrected chi connectivity index (χ1v) is 8.48. The molecule has 4 nitrogen and oxygen atoms in total. The minimum absolute atomic E-state index is 0. The molecular weight excluding hydrogens is 390 g/mol. The van der Waals surface area contributed by atoms with Crippen LogP contribution in [-0.2, 0) is 13.2 Å². The summed E-state index contributed by atoms with van der Waals surface area (Å²) in [6, 6.07) is 12.4. The predicted octanol–water partition coefficient (Wildman–Crippen LogP) is 4.30. The Bertz CT molecular complexity index is 672. The summed E-state index contributed by atoms with van der Waals surface area (Å²) in [6.07, 6.45) is 1.11. The molecule has 0 unspecified atom stereocenters. The molecule has 2 aromatic rings. The van der Waals surface area contributed by atoms with Crippen molar-refractivity contribution in [2.24, 2.45) is 0 Å². The minimum Gasteiger partial charge on any atom is -0.493 e. The molecule has 0 amide bonds. The Labute approximate surface area is 173 Å². The van der Waals surface area contributed by atoms with E-state index in [-0.39, 0.29) is 37.2 Å². The molecule has 2 aromatic carbocycles. The van der Waals surface area contributed by atoms with Crippen molar-refractivity contribution in [1.29, 1.82) is 0 Å². The van der Waals surface area contributed by atoms with Gasteiger partial charge in [0.2, 0.25) is 0 Å². The van der Waals surface area contributed by atoms with Gasteiger partial charge in [-0.25, -0.2) is 4.39 Å². The van der Waals surface area contributed by atoms with E-state index in [4.69, 9.17) is 9.47 Å². The van der Waals surface area contributed by atoms with Crippen LogP contribution in [0, 0.1) is 5.82 Å². The van der Waals surface area contributed by atoms with E-state index in [0.717, 1.165) is 31.6 Å². The summed E-state index contributed by atoms with van der Waals surface area (Å²) in [6.45, 7) is 2.98. The Hall–Kier alpha value is -1.53. The Kier molecular flexibility index (Phi) is 12.8. The molecule has 0 aliphatic rings. The van der Waals surface area contributed by atoms with Crippen molar-refractivity contribution < 1.29 is 13.9 Å². The molecule has 27 heavy (non-hydrogen) atoms. The highest BCUT2D eigenvalue weighted by molar-refractivity contribution is 5.85. The number of rotatable bonds is 10. The zero-order valence-corrected chi connectivity index (χ0v) is 17.7. The average Bonchev–Trinajstić information content (AvgIpc) is 2.61. The predicted molar refractivity (Wildman–Crippen MR) is 113 cm³/mol. The van der Waals surface area contributed by atoms with Gasteiger partial charge in [-0.05, 0) is 57.4 Å². The molecule has 0 spiro atoms. The third-order valence-corrected chi connectivity index (χ3v) is 3.86. The lowest BCUT2D eigenvalue weighted by atomic mass is 10.2. The van der Waals surface area contributed by atoms with Crippen LogP contribution in [0.3, 0.4) is 0 Å². The molecule has 0 saturated heterocycles. The second kappa shape index (κ2) is 13.6.